The summed E-state index contributed by atoms with van der Waals surface area (Å²) in [7, 11) is 4.11. The lowest BCUT2D eigenvalue weighted by molar-refractivity contribution is 0.261. The highest BCUT2D eigenvalue weighted by atomic mass is 16.5. The predicted octanol–water partition coefficient (Wildman–Crippen LogP) is 2.52. The molecule has 1 aromatic rings. The fourth-order valence-corrected chi connectivity index (χ4v) is 2.63. The number of hydrogen-bond donors (Lipinski definition) is 1. The lowest BCUT2D eigenvalue weighted by atomic mass is 10.2. The molecule has 2 rings (SSSR count). The summed E-state index contributed by atoms with van der Waals surface area (Å²) in [5.74, 6) is 0.945. The second-order valence-electron chi connectivity index (χ2n) is 6.40. The summed E-state index contributed by atoms with van der Waals surface area (Å²) in [5, 5.41) is 3.63. The largest absolute Gasteiger partial charge is 0.492 e. The Morgan fingerprint density at radius 1 is 1.38 bits per heavy atom. The van der Waals surface area contributed by atoms with Crippen molar-refractivity contribution in [2.75, 3.05) is 45.7 Å². The summed E-state index contributed by atoms with van der Waals surface area (Å²) in [6, 6.07) is 9.49. The molecule has 1 aliphatic rings. The minimum absolute atomic E-state index is 0.546. The summed E-state index contributed by atoms with van der Waals surface area (Å²) in [6.07, 6.45) is 1.21. The van der Waals surface area contributed by atoms with Gasteiger partial charge in [-0.2, -0.15) is 0 Å². The van der Waals surface area contributed by atoms with Gasteiger partial charge in [0.1, 0.15) is 12.4 Å². The van der Waals surface area contributed by atoms with Crippen molar-refractivity contribution in [2.45, 2.75) is 32.4 Å². The molecule has 0 spiro atoms. The summed E-state index contributed by atoms with van der Waals surface area (Å²) < 4.78 is 5.79. The van der Waals surface area contributed by atoms with Gasteiger partial charge in [0.15, 0.2) is 0 Å². The van der Waals surface area contributed by atoms with E-state index in [1.54, 1.807) is 0 Å². The van der Waals surface area contributed by atoms with E-state index in [-0.39, 0.29) is 0 Å². The molecule has 0 radical (unpaired) electrons. The highest BCUT2D eigenvalue weighted by Crippen LogP contribution is 2.21. The first kappa shape index (κ1) is 16.1. The molecule has 118 valence electrons. The number of likely N-dealkylation sites (tertiary alicyclic amines) is 1. The summed E-state index contributed by atoms with van der Waals surface area (Å²) in [5.41, 5.74) is 1.16. The van der Waals surface area contributed by atoms with Crippen molar-refractivity contribution in [1.82, 2.24) is 9.80 Å². The molecule has 1 N–H and O–H groups in total. The molecule has 1 heterocycles. The summed E-state index contributed by atoms with van der Waals surface area (Å²) in [4.78, 5) is 4.65. The molecule has 21 heavy (non-hydrogen) atoms. The van der Waals surface area contributed by atoms with Crippen molar-refractivity contribution in [2.24, 2.45) is 0 Å². The molecule has 1 saturated heterocycles. The highest BCUT2D eigenvalue weighted by molar-refractivity contribution is 5.49. The number of likely N-dealkylation sites (N-methyl/N-ethyl adjacent to an activating group) is 1. The van der Waals surface area contributed by atoms with Crippen LogP contribution in [0, 0.1) is 0 Å². The topological polar surface area (TPSA) is 27.7 Å². The van der Waals surface area contributed by atoms with Gasteiger partial charge in [0, 0.05) is 43.5 Å². The molecular weight excluding hydrogens is 262 g/mol. The van der Waals surface area contributed by atoms with Crippen molar-refractivity contribution >= 4 is 5.69 Å². The fourth-order valence-electron chi connectivity index (χ4n) is 2.63. The van der Waals surface area contributed by atoms with Crippen LogP contribution in [0.5, 0.6) is 5.75 Å². The van der Waals surface area contributed by atoms with Crippen LogP contribution in [0.1, 0.15) is 20.3 Å². The Hall–Kier alpha value is -1.26. The van der Waals surface area contributed by atoms with Gasteiger partial charge in [0.2, 0.25) is 0 Å². The minimum atomic E-state index is 0.546. The van der Waals surface area contributed by atoms with Crippen LogP contribution in [-0.2, 0) is 0 Å². The van der Waals surface area contributed by atoms with Crippen LogP contribution in [-0.4, -0.2) is 62.2 Å². The van der Waals surface area contributed by atoms with E-state index in [9.17, 15) is 0 Å². The van der Waals surface area contributed by atoms with E-state index >= 15 is 0 Å². The summed E-state index contributed by atoms with van der Waals surface area (Å²) in [6.45, 7) is 8.51. The zero-order valence-corrected chi connectivity index (χ0v) is 13.8. The molecule has 1 aliphatic heterocycles. The van der Waals surface area contributed by atoms with Gasteiger partial charge < -0.3 is 15.0 Å². The van der Waals surface area contributed by atoms with Gasteiger partial charge >= 0.3 is 0 Å². The molecule has 0 saturated carbocycles. The Kier molecular flexibility index (Phi) is 5.88. The van der Waals surface area contributed by atoms with E-state index in [0.717, 1.165) is 31.1 Å². The maximum absolute atomic E-state index is 5.79. The monoisotopic (exact) mass is 291 g/mol. The van der Waals surface area contributed by atoms with Crippen LogP contribution in [0.4, 0.5) is 5.69 Å². The van der Waals surface area contributed by atoms with Crippen LogP contribution in [0.2, 0.25) is 0 Å². The smallest absolute Gasteiger partial charge is 0.121 e. The zero-order chi connectivity index (χ0) is 15.2. The second kappa shape index (κ2) is 7.66. The number of nitrogens with one attached hydrogen (secondary N) is 1. The van der Waals surface area contributed by atoms with Crippen LogP contribution in [0.3, 0.4) is 0 Å². The van der Waals surface area contributed by atoms with Gasteiger partial charge in [-0.15, -0.1) is 0 Å². The highest BCUT2D eigenvalue weighted by Gasteiger charge is 2.23. The van der Waals surface area contributed by atoms with Crippen LogP contribution in [0.25, 0.3) is 0 Å². The average molecular weight is 291 g/mol. The van der Waals surface area contributed by atoms with E-state index in [0.29, 0.717) is 12.1 Å². The predicted molar refractivity (Wildman–Crippen MR) is 89.2 cm³/mol. The first-order chi connectivity index (χ1) is 10.0. The van der Waals surface area contributed by atoms with E-state index in [4.69, 9.17) is 4.74 Å². The SMILES string of the molecule is CC(C)N1CCC(Nc2cccc(OCCN(C)C)c2)C1. The molecule has 0 amide bonds. The van der Waals surface area contributed by atoms with Crippen molar-refractivity contribution in [3.05, 3.63) is 24.3 Å². The molecule has 1 aromatic carbocycles. The van der Waals surface area contributed by atoms with E-state index in [2.05, 4.69) is 61.3 Å². The van der Waals surface area contributed by atoms with Gasteiger partial charge in [0.25, 0.3) is 0 Å². The maximum atomic E-state index is 5.79. The van der Waals surface area contributed by atoms with Crippen LogP contribution >= 0.6 is 0 Å². The van der Waals surface area contributed by atoms with Crippen LogP contribution in [0.15, 0.2) is 24.3 Å². The molecule has 4 heteroatoms. The van der Waals surface area contributed by atoms with Gasteiger partial charge in [-0.3, -0.25) is 4.90 Å². The molecule has 1 unspecified atom stereocenters. The van der Waals surface area contributed by atoms with E-state index in [1.807, 2.05) is 6.07 Å². The van der Waals surface area contributed by atoms with Gasteiger partial charge in [-0.1, -0.05) is 6.07 Å². The van der Waals surface area contributed by atoms with Crippen molar-refractivity contribution in [3.63, 3.8) is 0 Å². The van der Waals surface area contributed by atoms with E-state index < -0.39 is 0 Å². The lowest BCUT2D eigenvalue weighted by Gasteiger charge is -2.21. The van der Waals surface area contributed by atoms with Gasteiger partial charge in [0.05, 0.1) is 0 Å². The lowest BCUT2D eigenvalue weighted by Crippen LogP contribution is -2.31. The minimum Gasteiger partial charge on any atom is -0.492 e. The number of hydrogen-bond acceptors (Lipinski definition) is 4. The number of anilines is 1. The van der Waals surface area contributed by atoms with Crippen molar-refractivity contribution in [1.29, 1.82) is 0 Å². The van der Waals surface area contributed by atoms with Crippen molar-refractivity contribution < 1.29 is 4.74 Å². The average Bonchev–Trinajstić information content (AvgIpc) is 2.87. The summed E-state index contributed by atoms with van der Waals surface area (Å²) >= 11 is 0. The molecular formula is C17H29N3O. The number of benzene rings is 1. The quantitative estimate of drug-likeness (QED) is 0.835. The molecule has 1 atom stereocenters. The number of nitrogens with zero attached hydrogens (tertiary/aromatic N) is 2. The Morgan fingerprint density at radius 2 is 2.19 bits per heavy atom. The Labute approximate surface area is 129 Å². The Morgan fingerprint density at radius 3 is 2.86 bits per heavy atom. The Balaban J connectivity index is 1.84. The standard InChI is InChI=1S/C17H29N3O/c1-14(2)20-9-8-16(13-20)18-15-6-5-7-17(12-15)21-11-10-19(3)4/h5-7,12,14,16,18H,8-11,13H2,1-4H3. The molecule has 0 bridgehead atoms. The third-order valence-electron chi connectivity index (χ3n) is 3.96. The maximum Gasteiger partial charge on any atom is 0.121 e. The molecule has 1 fully saturated rings. The second-order valence-corrected chi connectivity index (χ2v) is 6.40. The molecule has 0 aromatic heterocycles. The molecule has 4 nitrogen and oxygen atoms in total. The third kappa shape index (κ3) is 5.21. The van der Waals surface area contributed by atoms with Gasteiger partial charge in [-0.05, 0) is 46.5 Å². The van der Waals surface area contributed by atoms with Gasteiger partial charge in [-0.25, -0.2) is 0 Å². The van der Waals surface area contributed by atoms with Crippen molar-refractivity contribution in [3.8, 4) is 5.75 Å². The zero-order valence-electron chi connectivity index (χ0n) is 13.8. The third-order valence-corrected chi connectivity index (χ3v) is 3.96. The molecule has 0 aliphatic carbocycles. The number of ether oxygens (including phenoxy) is 1. The van der Waals surface area contributed by atoms with Crippen LogP contribution < -0.4 is 10.1 Å². The normalized spacial score (nSPS) is 19.4. The first-order valence-electron chi connectivity index (χ1n) is 7.93. The van der Waals surface area contributed by atoms with E-state index in [1.165, 1.54) is 13.0 Å². The number of rotatable bonds is 7. The fraction of sp³-hybridized carbons (Fsp3) is 0.647. The first-order valence-corrected chi connectivity index (χ1v) is 7.93. The Bertz CT molecular complexity index is 434.